The van der Waals surface area contributed by atoms with E-state index >= 15 is 0 Å². The maximum absolute atomic E-state index is 12.5. The highest BCUT2D eigenvalue weighted by molar-refractivity contribution is 6.42. The lowest BCUT2D eigenvalue weighted by atomic mass is 10.0. The van der Waals surface area contributed by atoms with Crippen molar-refractivity contribution >= 4 is 34.9 Å². The van der Waals surface area contributed by atoms with E-state index in [4.69, 9.17) is 23.2 Å². The molecule has 114 valence electrons. The number of rotatable bonds is 2. The van der Waals surface area contributed by atoms with Crippen LogP contribution in [0.25, 0.3) is 0 Å². The Labute approximate surface area is 134 Å². The molecule has 1 aromatic rings. The van der Waals surface area contributed by atoms with Crippen molar-refractivity contribution in [2.75, 3.05) is 18.4 Å². The van der Waals surface area contributed by atoms with Crippen LogP contribution in [-0.4, -0.2) is 36.1 Å². The standard InChI is InChI=1S/C15H19Cl2N3O/c16-11-6-5-10(9-12(11)17)19-15(21)20-8-2-4-14(20)13-3-1-7-18-13/h5-6,9,13-14,18H,1-4,7-8H2,(H,19,21). The molecule has 0 aromatic heterocycles. The van der Waals surface area contributed by atoms with E-state index in [1.165, 1.54) is 6.42 Å². The van der Waals surface area contributed by atoms with E-state index in [0.29, 0.717) is 27.8 Å². The molecule has 2 amide bonds. The van der Waals surface area contributed by atoms with Crippen LogP contribution < -0.4 is 10.6 Å². The Hall–Kier alpha value is -0.970. The summed E-state index contributed by atoms with van der Waals surface area (Å²) in [5, 5.41) is 7.36. The smallest absolute Gasteiger partial charge is 0.320 e. The first-order chi connectivity index (χ1) is 10.1. The number of carbonyl (C=O) groups is 1. The maximum Gasteiger partial charge on any atom is 0.322 e. The fourth-order valence-electron chi connectivity index (χ4n) is 3.27. The minimum atomic E-state index is -0.0513. The molecule has 2 N–H and O–H groups in total. The summed E-state index contributed by atoms with van der Waals surface area (Å²) in [6.45, 7) is 1.87. The quantitative estimate of drug-likeness (QED) is 0.869. The van der Waals surface area contributed by atoms with Crippen molar-refractivity contribution in [3.05, 3.63) is 28.2 Å². The highest BCUT2D eigenvalue weighted by Crippen LogP contribution is 2.28. The van der Waals surface area contributed by atoms with Gasteiger partial charge in [-0.15, -0.1) is 0 Å². The normalized spacial score (nSPS) is 25.3. The second kappa shape index (κ2) is 6.42. The second-order valence-electron chi connectivity index (χ2n) is 5.66. The Morgan fingerprint density at radius 3 is 2.81 bits per heavy atom. The summed E-state index contributed by atoms with van der Waals surface area (Å²) in [7, 11) is 0. The van der Waals surface area contributed by atoms with E-state index < -0.39 is 0 Å². The van der Waals surface area contributed by atoms with Crippen LogP contribution in [0, 0.1) is 0 Å². The number of halogens is 2. The summed E-state index contributed by atoms with van der Waals surface area (Å²) in [4.78, 5) is 14.4. The van der Waals surface area contributed by atoms with Crippen LogP contribution in [0.4, 0.5) is 10.5 Å². The van der Waals surface area contributed by atoms with E-state index in [0.717, 1.165) is 32.4 Å². The zero-order chi connectivity index (χ0) is 14.8. The van der Waals surface area contributed by atoms with Crippen molar-refractivity contribution in [3.63, 3.8) is 0 Å². The molecular formula is C15H19Cl2N3O. The fraction of sp³-hybridized carbons (Fsp3) is 0.533. The molecule has 3 rings (SSSR count). The molecular weight excluding hydrogens is 309 g/mol. The Kier molecular flexibility index (Phi) is 4.57. The van der Waals surface area contributed by atoms with Crippen LogP contribution in [0.5, 0.6) is 0 Å². The molecule has 2 fully saturated rings. The molecule has 2 unspecified atom stereocenters. The summed E-state index contributed by atoms with van der Waals surface area (Å²) in [5.41, 5.74) is 0.680. The fourth-order valence-corrected chi connectivity index (χ4v) is 3.57. The first kappa shape index (κ1) is 14.9. The van der Waals surface area contributed by atoms with Gasteiger partial charge in [-0.1, -0.05) is 23.2 Å². The molecule has 2 atom stereocenters. The summed E-state index contributed by atoms with van der Waals surface area (Å²) in [6.07, 6.45) is 4.49. The molecule has 0 aliphatic carbocycles. The number of hydrogen-bond donors (Lipinski definition) is 2. The van der Waals surface area contributed by atoms with Gasteiger partial charge in [-0.25, -0.2) is 4.79 Å². The third-order valence-corrected chi connectivity index (χ3v) is 5.03. The van der Waals surface area contributed by atoms with Crippen LogP contribution in [0.3, 0.4) is 0 Å². The minimum absolute atomic E-state index is 0.0513. The van der Waals surface area contributed by atoms with Crippen molar-refractivity contribution in [1.29, 1.82) is 0 Å². The molecule has 21 heavy (non-hydrogen) atoms. The first-order valence-electron chi connectivity index (χ1n) is 7.41. The zero-order valence-corrected chi connectivity index (χ0v) is 13.3. The summed E-state index contributed by atoms with van der Waals surface area (Å²) in [6, 6.07) is 5.83. The zero-order valence-electron chi connectivity index (χ0n) is 11.7. The van der Waals surface area contributed by atoms with Gasteiger partial charge in [-0.3, -0.25) is 0 Å². The molecule has 0 saturated carbocycles. The second-order valence-corrected chi connectivity index (χ2v) is 6.48. The van der Waals surface area contributed by atoms with Gasteiger partial charge in [-0.2, -0.15) is 0 Å². The van der Waals surface area contributed by atoms with Gasteiger partial charge in [-0.05, 0) is 50.4 Å². The van der Waals surface area contributed by atoms with E-state index in [-0.39, 0.29) is 6.03 Å². The van der Waals surface area contributed by atoms with Gasteiger partial charge < -0.3 is 15.5 Å². The SMILES string of the molecule is O=C(Nc1ccc(Cl)c(Cl)c1)N1CCCC1C1CCCN1. The molecule has 2 saturated heterocycles. The molecule has 6 heteroatoms. The molecule has 1 aromatic carbocycles. The number of benzene rings is 1. The van der Waals surface area contributed by atoms with Crippen molar-refractivity contribution in [3.8, 4) is 0 Å². The van der Waals surface area contributed by atoms with Gasteiger partial charge in [0.2, 0.25) is 0 Å². The van der Waals surface area contributed by atoms with Gasteiger partial charge in [0.15, 0.2) is 0 Å². The van der Waals surface area contributed by atoms with Crippen LogP contribution in [-0.2, 0) is 0 Å². The number of urea groups is 1. The average molecular weight is 328 g/mol. The number of hydrogen-bond acceptors (Lipinski definition) is 2. The number of carbonyl (C=O) groups excluding carboxylic acids is 1. The lowest BCUT2D eigenvalue weighted by molar-refractivity contribution is 0.195. The molecule has 0 bridgehead atoms. The molecule has 4 nitrogen and oxygen atoms in total. The van der Waals surface area contributed by atoms with Crippen LogP contribution in [0.1, 0.15) is 25.7 Å². The van der Waals surface area contributed by atoms with Crippen LogP contribution in [0.15, 0.2) is 18.2 Å². The van der Waals surface area contributed by atoms with Gasteiger partial charge in [0.25, 0.3) is 0 Å². The predicted molar refractivity (Wildman–Crippen MR) is 86.2 cm³/mol. The van der Waals surface area contributed by atoms with Crippen molar-refractivity contribution in [1.82, 2.24) is 10.2 Å². The molecule has 2 aliphatic rings. The van der Waals surface area contributed by atoms with E-state index in [1.54, 1.807) is 18.2 Å². The summed E-state index contributed by atoms with van der Waals surface area (Å²) in [5.74, 6) is 0. The van der Waals surface area contributed by atoms with Crippen molar-refractivity contribution in [2.24, 2.45) is 0 Å². The molecule has 0 spiro atoms. The summed E-state index contributed by atoms with van der Waals surface area (Å²) < 4.78 is 0. The van der Waals surface area contributed by atoms with Gasteiger partial charge in [0.05, 0.1) is 10.0 Å². The Morgan fingerprint density at radius 1 is 1.24 bits per heavy atom. The van der Waals surface area contributed by atoms with Crippen molar-refractivity contribution < 1.29 is 4.79 Å². The third-order valence-electron chi connectivity index (χ3n) is 4.29. The highest BCUT2D eigenvalue weighted by Gasteiger charge is 2.35. The predicted octanol–water partition coefficient (Wildman–Crippen LogP) is 3.74. The highest BCUT2D eigenvalue weighted by atomic mass is 35.5. The maximum atomic E-state index is 12.5. The number of amides is 2. The van der Waals surface area contributed by atoms with Gasteiger partial charge >= 0.3 is 6.03 Å². The lowest BCUT2D eigenvalue weighted by Gasteiger charge is -2.29. The van der Waals surface area contributed by atoms with E-state index in [1.807, 2.05) is 4.90 Å². The van der Waals surface area contributed by atoms with Gasteiger partial charge in [0, 0.05) is 24.3 Å². The molecule has 2 heterocycles. The largest absolute Gasteiger partial charge is 0.322 e. The number of anilines is 1. The first-order valence-corrected chi connectivity index (χ1v) is 8.17. The molecule has 0 radical (unpaired) electrons. The third kappa shape index (κ3) is 3.28. The van der Waals surface area contributed by atoms with E-state index in [2.05, 4.69) is 10.6 Å². The minimum Gasteiger partial charge on any atom is -0.320 e. The summed E-state index contributed by atoms with van der Waals surface area (Å²) >= 11 is 11.9. The van der Waals surface area contributed by atoms with Crippen LogP contribution in [0.2, 0.25) is 10.0 Å². The Bertz CT molecular complexity index is 532. The number of nitrogens with one attached hydrogen (secondary N) is 2. The number of likely N-dealkylation sites (tertiary alicyclic amines) is 1. The Morgan fingerprint density at radius 2 is 2.10 bits per heavy atom. The topological polar surface area (TPSA) is 44.4 Å². The van der Waals surface area contributed by atoms with E-state index in [9.17, 15) is 4.79 Å². The Balaban J connectivity index is 1.67. The lowest BCUT2D eigenvalue weighted by Crippen LogP contribution is -2.48. The molecule has 2 aliphatic heterocycles. The van der Waals surface area contributed by atoms with Crippen LogP contribution >= 0.6 is 23.2 Å². The van der Waals surface area contributed by atoms with Crippen molar-refractivity contribution in [2.45, 2.75) is 37.8 Å². The number of nitrogens with zero attached hydrogens (tertiary/aromatic N) is 1. The monoisotopic (exact) mass is 327 g/mol. The average Bonchev–Trinajstić information content (AvgIpc) is 3.12. The van der Waals surface area contributed by atoms with Gasteiger partial charge in [0.1, 0.15) is 0 Å².